The summed E-state index contributed by atoms with van der Waals surface area (Å²) in [6, 6.07) is 0.654. The summed E-state index contributed by atoms with van der Waals surface area (Å²) in [6.45, 7) is 0.103. The summed E-state index contributed by atoms with van der Waals surface area (Å²) in [5.74, 6) is -1.96. The van der Waals surface area contributed by atoms with Gasteiger partial charge in [0.2, 0.25) is 6.39 Å². The van der Waals surface area contributed by atoms with Gasteiger partial charge in [0.05, 0.1) is 6.54 Å². The van der Waals surface area contributed by atoms with Crippen molar-refractivity contribution < 1.29 is 13.3 Å². The van der Waals surface area contributed by atoms with Gasteiger partial charge >= 0.3 is 0 Å². The van der Waals surface area contributed by atoms with Crippen LogP contribution in [0.4, 0.5) is 20.4 Å². The molecule has 2 aromatic rings. The molecule has 2 heterocycles. The maximum absolute atomic E-state index is 13.2. The Morgan fingerprint density at radius 2 is 2.19 bits per heavy atom. The van der Waals surface area contributed by atoms with Crippen LogP contribution in [0.15, 0.2) is 17.0 Å². The van der Waals surface area contributed by atoms with Crippen molar-refractivity contribution in [1.82, 2.24) is 15.1 Å². The molecule has 2 aromatic heterocycles. The molecule has 8 heteroatoms. The lowest BCUT2D eigenvalue weighted by molar-refractivity contribution is 0.411. The van der Waals surface area contributed by atoms with Crippen LogP contribution in [0.2, 0.25) is 0 Å². The van der Waals surface area contributed by atoms with Gasteiger partial charge in [-0.2, -0.15) is 4.98 Å². The van der Waals surface area contributed by atoms with Crippen molar-refractivity contribution in [1.29, 1.82) is 0 Å². The molecule has 0 radical (unpaired) electrons. The average Bonchev–Trinajstić information content (AvgIpc) is 2.74. The van der Waals surface area contributed by atoms with E-state index in [1.807, 2.05) is 0 Å². The number of halogens is 2. The standard InChI is InChI=1S/C8H7F2N5O/c9-4-1-5(10)8(14-7(4)11)12-2-6-13-3-16-15-6/h1,3H,2H2,(H3,11,12,14). The van der Waals surface area contributed by atoms with Gasteiger partial charge in [0.15, 0.2) is 29.1 Å². The predicted molar refractivity (Wildman–Crippen MR) is 50.2 cm³/mol. The van der Waals surface area contributed by atoms with Gasteiger partial charge in [0.1, 0.15) is 0 Å². The molecule has 0 fully saturated rings. The Morgan fingerprint density at radius 1 is 1.38 bits per heavy atom. The van der Waals surface area contributed by atoms with E-state index in [0.29, 0.717) is 11.9 Å². The molecular weight excluding hydrogens is 220 g/mol. The number of nitrogen functional groups attached to an aromatic ring is 1. The van der Waals surface area contributed by atoms with Crippen LogP contribution in [0, 0.1) is 11.6 Å². The topological polar surface area (TPSA) is 89.9 Å². The largest absolute Gasteiger partial charge is 0.381 e. The van der Waals surface area contributed by atoms with Gasteiger partial charge < -0.3 is 15.6 Å². The number of nitrogens with two attached hydrogens (primary N) is 1. The fraction of sp³-hybridized carbons (Fsp3) is 0.125. The number of anilines is 2. The van der Waals surface area contributed by atoms with E-state index in [1.54, 1.807) is 0 Å². The van der Waals surface area contributed by atoms with E-state index < -0.39 is 11.6 Å². The lowest BCUT2D eigenvalue weighted by atomic mass is 10.4. The Balaban J connectivity index is 2.12. The molecule has 2 rings (SSSR count). The highest BCUT2D eigenvalue weighted by molar-refractivity contribution is 5.44. The van der Waals surface area contributed by atoms with Gasteiger partial charge in [-0.15, -0.1) is 0 Å². The van der Waals surface area contributed by atoms with Crippen LogP contribution in [0.3, 0.4) is 0 Å². The second kappa shape index (κ2) is 4.09. The summed E-state index contributed by atoms with van der Waals surface area (Å²) < 4.78 is 30.4. The van der Waals surface area contributed by atoms with Crippen LogP contribution < -0.4 is 11.1 Å². The van der Waals surface area contributed by atoms with E-state index in [-0.39, 0.29) is 18.2 Å². The molecule has 0 saturated heterocycles. The second-order valence-corrected chi connectivity index (χ2v) is 2.89. The lowest BCUT2D eigenvalue weighted by Gasteiger charge is -2.05. The zero-order chi connectivity index (χ0) is 11.5. The first-order valence-corrected chi connectivity index (χ1v) is 4.27. The highest BCUT2D eigenvalue weighted by Gasteiger charge is 2.09. The van der Waals surface area contributed by atoms with E-state index in [0.717, 1.165) is 6.39 Å². The predicted octanol–water partition coefficient (Wildman–Crippen LogP) is 0.937. The molecule has 0 bridgehead atoms. The van der Waals surface area contributed by atoms with E-state index >= 15 is 0 Å². The molecule has 16 heavy (non-hydrogen) atoms. The van der Waals surface area contributed by atoms with Crippen molar-refractivity contribution in [3.8, 4) is 0 Å². The van der Waals surface area contributed by atoms with Gasteiger partial charge in [0.25, 0.3) is 0 Å². The summed E-state index contributed by atoms with van der Waals surface area (Å²) in [5, 5.41) is 6.06. The van der Waals surface area contributed by atoms with Crippen molar-refractivity contribution in [2.75, 3.05) is 11.1 Å². The third-order valence-electron chi connectivity index (χ3n) is 1.78. The van der Waals surface area contributed by atoms with Gasteiger partial charge in [-0.1, -0.05) is 5.16 Å². The summed E-state index contributed by atoms with van der Waals surface area (Å²) >= 11 is 0. The molecule has 84 valence electrons. The highest BCUT2D eigenvalue weighted by Crippen LogP contribution is 2.16. The SMILES string of the molecule is Nc1nc(NCc2ncon2)c(F)cc1F. The normalized spacial score (nSPS) is 10.4. The minimum atomic E-state index is -0.900. The maximum Gasteiger partial charge on any atom is 0.213 e. The molecule has 6 nitrogen and oxygen atoms in total. The first kappa shape index (κ1) is 10.3. The Bertz CT molecular complexity index is 487. The van der Waals surface area contributed by atoms with Crippen molar-refractivity contribution >= 4 is 11.6 Å². The summed E-state index contributed by atoms with van der Waals surface area (Å²) in [6.07, 6.45) is 1.14. The third kappa shape index (κ3) is 2.05. The third-order valence-corrected chi connectivity index (χ3v) is 1.78. The first-order valence-electron chi connectivity index (χ1n) is 4.27. The number of hydrogen-bond donors (Lipinski definition) is 2. The molecule has 3 N–H and O–H groups in total. The van der Waals surface area contributed by atoms with Crippen LogP contribution in [0.1, 0.15) is 5.82 Å². The Kier molecular flexibility index (Phi) is 2.63. The minimum absolute atomic E-state index is 0.103. The molecule has 0 aromatic carbocycles. The monoisotopic (exact) mass is 227 g/mol. The average molecular weight is 227 g/mol. The zero-order valence-electron chi connectivity index (χ0n) is 7.94. The quantitative estimate of drug-likeness (QED) is 0.810. The van der Waals surface area contributed by atoms with Gasteiger partial charge in [-0.05, 0) is 0 Å². The summed E-state index contributed by atoms with van der Waals surface area (Å²) in [4.78, 5) is 7.21. The highest BCUT2D eigenvalue weighted by atomic mass is 19.1. The Hall–Kier alpha value is -2.25. The molecule has 0 unspecified atom stereocenters. The minimum Gasteiger partial charge on any atom is -0.381 e. The van der Waals surface area contributed by atoms with Crippen LogP contribution in [0.25, 0.3) is 0 Å². The van der Waals surface area contributed by atoms with Crippen molar-refractivity contribution in [3.05, 3.63) is 29.9 Å². The molecule has 0 aliphatic carbocycles. The van der Waals surface area contributed by atoms with Crippen LogP contribution >= 0.6 is 0 Å². The zero-order valence-corrected chi connectivity index (χ0v) is 7.94. The van der Waals surface area contributed by atoms with Gasteiger partial charge in [-0.25, -0.2) is 13.8 Å². The van der Waals surface area contributed by atoms with E-state index in [1.165, 1.54) is 0 Å². The summed E-state index contributed by atoms with van der Waals surface area (Å²) in [5.41, 5.74) is 5.20. The summed E-state index contributed by atoms with van der Waals surface area (Å²) in [7, 11) is 0. The number of pyridine rings is 1. The first-order chi connectivity index (χ1) is 7.66. The van der Waals surface area contributed by atoms with E-state index in [4.69, 9.17) is 5.73 Å². The smallest absolute Gasteiger partial charge is 0.213 e. The van der Waals surface area contributed by atoms with Gasteiger partial charge in [0, 0.05) is 6.07 Å². The molecule has 0 aliphatic heterocycles. The number of nitrogens with zero attached hydrogens (tertiary/aromatic N) is 3. The number of hydrogen-bond acceptors (Lipinski definition) is 6. The van der Waals surface area contributed by atoms with Gasteiger partial charge in [-0.3, -0.25) is 0 Å². The Morgan fingerprint density at radius 3 is 2.88 bits per heavy atom. The van der Waals surface area contributed by atoms with Crippen LogP contribution in [0.5, 0.6) is 0 Å². The van der Waals surface area contributed by atoms with Crippen molar-refractivity contribution in [2.45, 2.75) is 6.54 Å². The second-order valence-electron chi connectivity index (χ2n) is 2.89. The number of aromatic nitrogens is 3. The van der Waals surface area contributed by atoms with E-state index in [2.05, 4.69) is 25.0 Å². The fourth-order valence-corrected chi connectivity index (χ4v) is 1.04. The van der Waals surface area contributed by atoms with Crippen molar-refractivity contribution in [3.63, 3.8) is 0 Å². The maximum atomic E-state index is 13.2. The van der Waals surface area contributed by atoms with E-state index in [9.17, 15) is 8.78 Å². The molecule has 0 atom stereocenters. The van der Waals surface area contributed by atoms with Crippen LogP contribution in [-0.2, 0) is 6.54 Å². The number of nitrogens with one attached hydrogen (secondary N) is 1. The lowest BCUT2D eigenvalue weighted by Crippen LogP contribution is -2.07. The fourth-order valence-electron chi connectivity index (χ4n) is 1.04. The molecule has 0 spiro atoms. The number of rotatable bonds is 3. The molecule has 0 saturated carbocycles. The molecule has 0 amide bonds. The molecule has 0 aliphatic rings. The van der Waals surface area contributed by atoms with Crippen LogP contribution in [-0.4, -0.2) is 15.1 Å². The van der Waals surface area contributed by atoms with Crippen molar-refractivity contribution in [2.24, 2.45) is 0 Å². The Labute approximate surface area is 88.5 Å². The molecular formula is C8H7F2N5O.